The van der Waals surface area contributed by atoms with Gasteiger partial charge in [0, 0.05) is 36.1 Å². The summed E-state index contributed by atoms with van der Waals surface area (Å²) in [6, 6.07) is 34.1. The molecule has 6 nitrogen and oxygen atoms in total. The zero-order valence-electron chi connectivity index (χ0n) is 20.2. The summed E-state index contributed by atoms with van der Waals surface area (Å²) in [5.41, 5.74) is 4.08. The lowest BCUT2D eigenvalue weighted by Gasteiger charge is -2.17. The molecule has 0 aliphatic rings. The monoisotopic (exact) mass is 479 g/mol. The van der Waals surface area contributed by atoms with Crippen LogP contribution in [0.4, 0.5) is 17.1 Å². The molecule has 0 aliphatic carbocycles. The molecule has 4 aromatic rings. The molecular weight excluding hydrogens is 450 g/mol. The molecule has 182 valence electrons. The average Bonchev–Trinajstić information content (AvgIpc) is 2.93. The molecule has 2 amide bonds. The van der Waals surface area contributed by atoms with Gasteiger partial charge in [-0.1, -0.05) is 48.5 Å². The van der Waals surface area contributed by atoms with Gasteiger partial charge in [-0.25, -0.2) is 0 Å². The van der Waals surface area contributed by atoms with E-state index < -0.39 is 0 Å². The average molecular weight is 480 g/mol. The standard InChI is InChI=1S/C30H29N3O3/c1-33(27-10-6-3-7-11-27)30(35)24-12-14-25(15-13-24)31-22-29(34)32-26-16-18-28(19-17-26)36-21-20-23-8-4-2-5-9-23/h2-19,31H,20-22H2,1H3,(H,32,34). The minimum absolute atomic E-state index is 0.0991. The maximum Gasteiger partial charge on any atom is 0.258 e. The molecule has 0 saturated carbocycles. The summed E-state index contributed by atoms with van der Waals surface area (Å²) in [6.07, 6.45) is 0.837. The van der Waals surface area contributed by atoms with Crippen LogP contribution < -0.4 is 20.3 Å². The quantitative estimate of drug-likeness (QED) is 0.309. The number of carbonyl (C=O) groups excluding carboxylic acids is 2. The fourth-order valence-corrected chi connectivity index (χ4v) is 3.65. The number of hydrogen-bond acceptors (Lipinski definition) is 4. The van der Waals surface area contributed by atoms with Crippen LogP contribution in [0.25, 0.3) is 0 Å². The van der Waals surface area contributed by atoms with Gasteiger partial charge in [0.2, 0.25) is 5.91 Å². The molecule has 0 heterocycles. The van der Waals surface area contributed by atoms with Crippen LogP contribution in [0.5, 0.6) is 5.75 Å². The Labute approximate surface area is 211 Å². The van der Waals surface area contributed by atoms with Gasteiger partial charge in [0.15, 0.2) is 0 Å². The topological polar surface area (TPSA) is 70.7 Å². The zero-order valence-corrected chi connectivity index (χ0v) is 20.2. The number of rotatable bonds is 10. The van der Waals surface area contributed by atoms with Gasteiger partial charge < -0.3 is 20.3 Å². The van der Waals surface area contributed by atoms with Gasteiger partial charge in [-0.15, -0.1) is 0 Å². The number of nitrogens with zero attached hydrogens (tertiary/aromatic N) is 1. The number of hydrogen-bond donors (Lipinski definition) is 2. The van der Waals surface area contributed by atoms with Gasteiger partial charge in [0.1, 0.15) is 5.75 Å². The van der Waals surface area contributed by atoms with E-state index in [9.17, 15) is 9.59 Å². The molecular formula is C30H29N3O3. The minimum Gasteiger partial charge on any atom is -0.493 e. The van der Waals surface area contributed by atoms with Crippen LogP contribution in [0.15, 0.2) is 109 Å². The van der Waals surface area contributed by atoms with E-state index in [2.05, 4.69) is 22.8 Å². The van der Waals surface area contributed by atoms with E-state index >= 15 is 0 Å². The Kier molecular flexibility index (Phi) is 8.33. The van der Waals surface area contributed by atoms with Crippen molar-refractivity contribution < 1.29 is 14.3 Å². The van der Waals surface area contributed by atoms with Crippen molar-refractivity contribution in [3.63, 3.8) is 0 Å². The molecule has 4 rings (SSSR count). The van der Waals surface area contributed by atoms with Crippen molar-refractivity contribution in [2.24, 2.45) is 0 Å². The Morgan fingerprint density at radius 2 is 1.36 bits per heavy atom. The van der Waals surface area contributed by atoms with Crippen LogP contribution in [-0.4, -0.2) is 32.0 Å². The number of benzene rings is 4. The van der Waals surface area contributed by atoms with Crippen LogP contribution in [0.2, 0.25) is 0 Å². The number of amides is 2. The largest absolute Gasteiger partial charge is 0.493 e. The molecule has 0 atom stereocenters. The summed E-state index contributed by atoms with van der Waals surface area (Å²) in [5, 5.41) is 5.95. The third-order valence-corrected chi connectivity index (χ3v) is 5.67. The number of para-hydroxylation sites is 1. The Bertz CT molecular complexity index is 1260. The SMILES string of the molecule is CN(C(=O)c1ccc(NCC(=O)Nc2ccc(OCCc3ccccc3)cc2)cc1)c1ccccc1. The highest BCUT2D eigenvalue weighted by atomic mass is 16.5. The van der Waals surface area contributed by atoms with Gasteiger partial charge in [-0.05, 0) is 66.2 Å². The third kappa shape index (κ3) is 6.96. The Morgan fingerprint density at radius 3 is 2.03 bits per heavy atom. The van der Waals surface area contributed by atoms with Crippen LogP contribution in [0.1, 0.15) is 15.9 Å². The second-order valence-electron chi connectivity index (χ2n) is 8.29. The molecule has 0 aromatic heterocycles. The highest BCUT2D eigenvalue weighted by Gasteiger charge is 2.13. The molecule has 6 heteroatoms. The van der Waals surface area contributed by atoms with Crippen molar-refractivity contribution in [2.75, 3.05) is 35.7 Å². The van der Waals surface area contributed by atoms with Gasteiger partial charge in [0.25, 0.3) is 5.91 Å². The maximum absolute atomic E-state index is 12.7. The first-order valence-corrected chi connectivity index (χ1v) is 11.8. The van der Waals surface area contributed by atoms with Crippen LogP contribution in [0.3, 0.4) is 0 Å². The first-order valence-electron chi connectivity index (χ1n) is 11.8. The molecule has 0 bridgehead atoms. The van der Waals surface area contributed by atoms with Crippen molar-refractivity contribution in [3.05, 3.63) is 120 Å². The predicted octanol–water partition coefficient (Wildman–Crippen LogP) is 5.64. The van der Waals surface area contributed by atoms with Gasteiger partial charge in [-0.3, -0.25) is 9.59 Å². The molecule has 0 aliphatic heterocycles. The highest BCUT2D eigenvalue weighted by Crippen LogP contribution is 2.18. The number of anilines is 3. The normalized spacial score (nSPS) is 10.4. The van der Waals surface area contributed by atoms with E-state index in [4.69, 9.17) is 4.74 Å². The summed E-state index contributed by atoms with van der Waals surface area (Å²) >= 11 is 0. The second kappa shape index (κ2) is 12.2. The molecule has 0 fully saturated rings. The molecule has 0 spiro atoms. The van der Waals surface area contributed by atoms with Gasteiger partial charge >= 0.3 is 0 Å². The van der Waals surface area contributed by atoms with E-state index in [0.29, 0.717) is 17.9 Å². The van der Waals surface area contributed by atoms with E-state index in [1.165, 1.54) is 5.56 Å². The van der Waals surface area contributed by atoms with Gasteiger partial charge in [-0.2, -0.15) is 0 Å². The van der Waals surface area contributed by atoms with Crippen molar-refractivity contribution in [1.29, 1.82) is 0 Å². The lowest BCUT2D eigenvalue weighted by Crippen LogP contribution is -2.26. The summed E-state index contributed by atoms with van der Waals surface area (Å²) < 4.78 is 5.79. The van der Waals surface area contributed by atoms with E-state index in [1.54, 1.807) is 36.2 Å². The van der Waals surface area contributed by atoms with Gasteiger partial charge in [0.05, 0.1) is 13.2 Å². The van der Waals surface area contributed by atoms with Crippen LogP contribution in [-0.2, 0) is 11.2 Å². The Hall–Kier alpha value is -4.58. The van der Waals surface area contributed by atoms with Crippen molar-refractivity contribution >= 4 is 28.9 Å². The Morgan fingerprint density at radius 1 is 0.750 bits per heavy atom. The molecule has 0 unspecified atom stereocenters. The number of carbonyl (C=O) groups is 2. The smallest absolute Gasteiger partial charge is 0.258 e. The fraction of sp³-hybridized carbons (Fsp3) is 0.133. The van der Waals surface area contributed by atoms with Crippen molar-refractivity contribution in [1.82, 2.24) is 0 Å². The minimum atomic E-state index is -0.170. The molecule has 36 heavy (non-hydrogen) atoms. The molecule has 0 saturated heterocycles. The zero-order chi connectivity index (χ0) is 25.2. The van der Waals surface area contributed by atoms with Crippen molar-refractivity contribution in [2.45, 2.75) is 6.42 Å². The fourth-order valence-electron chi connectivity index (χ4n) is 3.65. The second-order valence-corrected chi connectivity index (χ2v) is 8.29. The molecule has 4 aromatic carbocycles. The molecule has 0 radical (unpaired) electrons. The summed E-state index contributed by atoms with van der Waals surface area (Å²) in [4.78, 5) is 26.7. The van der Waals surface area contributed by atoms with Crippen molar-refractivity contribution in [3.8, 4) is 5.75 Å². The lowest BCUT2D eigenvalue weighted by atomic mass is 10.1. The maximum atomic E-state index is 12.7. The number of ether oxygens (including phenoxy) is 1. The van der Waals surface area contributed by atoms with E-state index in [0.717, 1.165) is 23.5 Å². The summed E-state index contributed by atoms with van der Waals surface area (Å²) in [7, 11) is 1.75. The van der Waals surface area contributed by atoms with Crippen LogP contribution >= 0.6 is 0 Å². The first-order chi connectivity index (χ1) is 17.6. The molecule has 2 N–H and O–H groups in total. The summed E-state index contributed by atoms with van der Waals surface area (Å²) in [5.74, 6) is 0.490. The first kappa shape index (κ1) is 24.5. The predicted molar refractivity (Wildman–Crippen MR) is 145 cm³/mol. The lowest BCUT2D eigenvalue weighted by molar-refractivity contribution is -0.114. The van der Waals surface area contributed by atoms with E-state index in [1.807, 2.05) is 72.8 Å². The van der Waals surface area contributed by atoms with Crippen LogP contribution in [0, 0.1) is 0 Å². The summed E-state index contributed by atoms with van der Waals surface area (Å²) in [6.45, 7) is 0.694. The number of nitrogens with one attached hydrogen (secondary N) is 2. The Balaban J connectivity index is 1.21. The third-order valence-electron chi connectivity index (χ3n) is 5.67. The van der Waals surface area contributed by atoms with E-state index in [-0.39, 0.29) is 18.4 Å². The highest BCUT2D eigenvalue weighted by molar-refractivity contribution is 6.05.